The zero-order valence-corrected chi connectivity index (χ0v) is 24.4. The molecule has 2 aromatic carbocycles. The average molecular weight is 623 g/mol. The molecule has 35 heavy (non-hydrogen) atoms. The Kier molecular flexibility index (Phi) is 8.01. The molecule has 3 rings (SSSR count). The molecule has 0 atom stereocenters. The molecule has 0 heterocycles. The molecule has 0 aliphatic heterocycles. The Bertz CT molecular complexity index is 1430. The van der Waals surface area contributed by atoms with Crippen LogP contribution < -0.4 is 5.11 Å². The van der Waals surface area contributed by atoms with Crippen molar-refractivity contribution in [2.75, 3.05) is 0 Å². The summed E-state index contributed by atoms with van der Waals surface area (Å²) in [6.07, 6.45) is 1.79. The fraction of sp³-hybridized carbons (Fsp3) is 0.296. The van der Waals surface area contributed by atoms with E-state index in [-0.39, 0.29) is 33.8 Å². The maximum atomic E-state index is 13.0. The predicted octanol–water partition coefficient (Wildman–Crippen LogP) is 6.84. The van der Waals surface area contributed by atoms with Crippen molar-refractivity contribution >= 4 is 53.3 Å². The largest absolute Gasteiger partial charge is 0.871 e. The molecule has 186 valence electrons. The van der Waals surface area contributed by atoms with E-state index < -0.39 is 10.1 Å². The molecule has 0 saturated carbocycles. The van der Waals surface area contributed by atoms with Gasteiger partial charge in [-0.3, -0.25) is 9.35 Å². The van der Waals surface area contributed by atoms with E-state index in [9.17, 15) is 22.9 Å². The Hall–Kier alpha value is -2.00. The van der Waals surface area contributed by atoms with Crippen LogP contribution in [0.3, 0.4) is 0 Å². The quantitative estimate of drug-likeness (QED) is 0.369. The van der Waals surface area contributed by atoms with Crippen molar-refractivity contribution in [1.82, 2.24) is 0 Å². The summed E-state index contributed by atoms with van der Waals surface area (Å²) in [6, 6.07) is 7.98. The summed E-state index contributed by atoms with van der Waals surface area (Å²) < 4.78 is 35.7. The lowest BCUT2D eigenvalue weighted by molar-refractivity contribution is -0.270. The van der Waals surface area contributed by atoms with Gasteiger partial charge in [0.1, 0.15) is 4.90 Å². The van der Waals surface area contributed by atoms with E-state index in [1.54, 1.807) is 38.1 Å². The van der Waals surface area contributed by atoms with E-state index in [1.807, 2.05) is 27.7 Å². The van der Waals surface area contributed by atoms with Crippen molar-refractivity contribution in [3.05, 3.63) is 84.3 Å². The number of benzene rings is 2. The summed E-state index contributed by atoms with van der Waals surface area (Å²) >= 11 is 6.90. The number of ketones is 1. The van der Waals surface area contributed by atoms with Gasteiger partial charge in [0.05, 0.1) is 4.48 Å². The summed E-state index contributed by atoms with van der Waals surface area (Å²) in [7, 11) is -4.58. The molecule has 0 fully saturated rings. The molecule has 0 bridgehead atoms. The second-order valence-electron chi connectivity index (χ2n) is 9.22. The normalized spacial score (nSPS) is 16.3. The van der Waals surface area contributed by atoms with Crippen LogP contribution in [0.15, 0.2) is 67.0 Å². The lowest BCUT2D eigenvalue weighted by Gasteiger charge is -2.27. The number of allylic oxidation sites excluding steroid dienone is 5. The molecule has 0 saturated heterocycles. The first kappa shape index (κ1) is 27.6. The number of carbonyl (C=O) groups excluding carboxylic acids is 1. The fourth-order valence-electron chi connectivity index (χ4n) is 4.20. The van der Waals surface area contributed by atoms with E-state index in [0.29, 0.717) is 47.9 Å². The highest BCUT2D eigenvalue weighted by Gasteiger charge is 2.29. The molecule has 0 spiro atoms. The van der Waals surface area contributed by atoms with Gasteiger partial charge in [-0.25, -0.2) is 0 Å². The summed E-state index contributed by atoms with van der Waals surface area (Å²) in [5, 5.41) is 13.0. The highest BCUT2D eigenvalue weighted by molar-refractivity contribution is 9.12. The van der Waals surface area contributed by atoms with Crippen LogP contribution in [0.25, 0.3) is 5.57 Å². The van der Waals surface area contributed by atoms with Crippen LogP contribution in [0.1, 0.15) is 62.8 Å². The fourth-order valence-corrected chi connectivity index (χ4v) is 5.78. The second-order valence-corrected chi connectivity index (χ2v) is 12.2. The van der Waals surface area contributed by atoms with Crippen molar-refractivity contribution < 1.29 is 22.9 Å². The van der Waals surface area contributed by atoms with E-state index >= 15 is 0 Å². The van der Waals surface area contributed by atoms with Crippen molar-refractivity contribution in [2.24, 2.45) is 5.92 Å². The maximum absolute atomic E-state index is 13.0. The third kappa shape index (κ3) is 5.12. The number of Topliss-reactive ketones (excluding diaryl/α,β-unsaturated/α-hetero) is 1. The van der Waals surface area contributed by atoms with Crippen LogP contribution >= 0.6 is 31.9 Å². The van der Waals surface area contributed by atoms with Gasteiger partial charge < -0.3 is 5.11 Å². The Morgan fingerprint density at radius 3 is 2.14 bits per heavy atom. The molecule has 2 aromatic rings. The van der Waals surface area contributed by atoms with Crippen molar-refractivity contribution in [1.29, 1.82) is 0 Å². The van der Waals surface area contributed by atoms with Crippen molar-refractivity contribution in [2.45, 2.75) is 52.4 Å². The summed E-state index contributed by atoms with van der Waals surface area (Å²) in [5.74, 6) is -0.419. The van der Waals surface area contributed by atoms with Crippen LogP contribution in [0.5, 0.6) is 5.75 Å². The zero-order valence-electron chi connectivity index (χ0n) is 20.4. The average Bonchev–Trinajstić information content (AvgIpc) is 2.78. The highest BCUT2D eigenvalue weighted by Crippen LogP contribution is 2.45. The predicted molar refractivity (Wildman–Crippen MR) is 144 cm³/mol. The van der Waals surface area contributed by atoms with Gasteiger partial charge in [0.15, 0.2) is 5.78 Å². The minimum absolute atomic E-state index is 0.0840. The Morgan fingerprint density at radius 2 is 1.60 bits per heavy atom. The lowest BCUT2D eigenvalue weighted by atomic mass is 9.81. The third-order valence-electron chi connectivity index (χ3n) is 6.21. The zero-order chi connectivity index (χ0) is 26.4. The van der Waals surface area contributed by atoms with Crippen molar-refractivity contribution in [3.63, 3.8) is 0 Å². The molecule has 1 N–H and O–H groups in total. The van der Waals surface area contributed by atoms with E-state index in [4.69, 9.17) is 0 Å². The molecule has 5 nitrogen and oxygen atoms in total. The number of hydrogen-bond donors (Lipinski definition) is 1. The molecule has 1 aliphatic rings. The standard InChI is InChI=1S/C27H28Br2O5S/c1-13(2)18-11-20(15(5)24(28)26(18)30)23(17-9-7-8-10-22(17)35(32,33)34)21-12-19(14(3)4)27(31)25(29)16(21)6/h7-14,30H,1-6H3,(H,32,33,34)/p-1. The molecule has 0 aromatic heterocycles. The minimum Gasteiger partial charge on any atom is -0.871 e. The first-order valence-corrected chi connectivity index (χ1v) is 14.2. The molecule has 0 amide bonds. The SMILES string of the molecule is CC1=C(Br)C(=O)C(C(C)C)=CC1=C(c1ccccc1S(=O)(=O)O)c1cc(C(C)C)c([O-])c(Br)c1C. The van der Waals surface area contributed by atoms with Crippen molar-refractivity contribution in [3.8, 4) is 5.75 Å². The van der Waals surface area contributed by atoms with Gasteiger partial charge in [-0.2, -0.15) is 8.42 Å². The minimum atomic E-state index is -4.58. The van der Waals surface area contributed by atoms with E-state index in [0.717, 1.165) is 0 Å². The van der Waals surface area contributed by atoms with Crippen LogP contribution in [0, 0.1) is 12.8 Å². The Morgan fingerprint density at radius 1 is 1.00 bits per heavy atom. The van der Waals surface area contributed by atoms with Gasteiger partial charge >= 0.3 is 0 Å². The molecular formula is C27H27Br2O5S-. The van der Waals surface area contributed by atoms with Crippen LogP contribution in [0.2, 0.25) is 0 Å². The number of halogens is 2. The second kappa shape index (κ2) is 10.2. The summed E-state index contributed by atoms with van der Waals surface area (Å²) in [5.41, 5.74) is 4.47. The first-order chi connectivity index (χ1) is 16.2. The lowest BCUT2D eigenvalue weighted by Crippen LogP contribution is -2.16. The van der Waals surface area contributed by atoms with Crippen LogP contribution in [0.4, 0.5) is 0 Å². The van der Waals surface area contributed by atoms with E-state index in [1.165, 1.54) is 12.1 Å². The molecule has 0 unspecified atom stereocenters. The maximum Gasteiger partial charge on any atom is 0.295 e. The first-order valence-electron chi connectivity index (χ1n) is 11.1. The van der Waals surface area contributed by atoms with Gasteiger partial charge in [-0.15, -0.1) is 0 Å². The third-order valence-corrected chi connectivity index (χ3v) is 9.03. The van der Waals surface area contributed by atoms with Gasteiger partial charge in [0.25, 0.3) is 10.1 Å². The monoisotopic (exact) mass is 621 g/mol. The molecule has 1 aliphatic carbocycles. The highest BCUT2D eigenvalue weighted by atomic mass is 79.9. The van der Waals surface area contributed by atoms with Gasteiger partial charge in [0, 0.05) is 15.6 Å². The number of carbonyl (C=O) groups is 1. The molecular weight excluding hydrogens is 596 g/mol. The van der Waals surface area contributed by atoms with Gasteiger partial charge in [-0.05, 0) is 81.6 Å². The molecule has 8 heteroatoms. The number of rotatable bonds is 5. The topological polar surface area (TPSA) is 94.5 Å². The Labute approximate surface area is 223 Å². The smallest absolute Gasteiger partial charge is 0.295 e. The summed E-state index contributed by atoms with van der Waals surface area (Å²) in [4.78, 5) is 12.7. The van der Waals surface area contributed by atoms with Gasteiger partial charge in [-0.1, -0.05) is 79.2 Å². The van der Waals surface area contributed by atoms with Crippen LogP contribution in [-0.4, -0.2) is 18.8 Å². The summed E-state index contributed by atoms with van der Waals surface area (Å²) in [6.45, 7) is 11.2. The molecule has 0 radical (unpaired) electrons. The van der Waals surface area contributed by atoms with E-state index in [2.05, 4.69) is 31.9 Å². The van der Waals surface area contributed by atoms with Crippen LogP contribution in [-0.2, 0) is 14.9 Å². The Balaban J connectivity index is 2.64. The number of hydrogen-bond acceptors (Lipinski definition) is 4. The van der Waals surface area contributed by atoms with Gasteiger partial charge in [0.2, 0.25) is 0 Å².